The maximum atomic E-state index is 5.79. The number of nitrogens with two attached hydrogens (primary N) is 2. The molecule has 1 aliphatic rings. The Bertz CT molecular complexity index is 203. The summed E-state index contributed by atoms with van der Waals surface area (Å²) in [4.78, 5) is 2.50. The Kier molecular flexibility index (Phi) is 5.12. The van der Waals surface area contributed by atoms with Crippen LogP contribution in [0.3, 0.4) is 0 Å². The molecule has 0 aromatic heterocycles. The normalized spacial score (nSPS) is 27.1. The average Bonchev–Trinajstić information content (AvgIpc) is 2.55. The Morgan fingerprint density at radius 1 is 1.33 bits per heavy atom. The molecule has 0 bridgehead atoms. The van der Waals surface area contributed by atoms with Gasteiger partial charge in [0.2, 0.25) is 0 Å². The lowest BCUT2D eigenvalue weighted by Gasteiger charge is -2.15. The fraction of sp³-hybridized carbons (Fsp3) is 0.833. The van der Waals surface area contributed by atoms with E-state index in [0.717, 1.165) is 25.2 Å². The van der Waals surface area contributed by atoms with Gasteiger partial charge in [-0.1, -0.05) is 19.9 Å². The van der Waals surface area contributed by atoms with E-state index in [2.05, 4.69) is 18.4 Å². The van der Waals surface area contributed by atoms with Crippen LogP contribution in [-0.4, -0.2) is 31.1 Å². The zero-order valence-corrected chi connectivity index (χ0v) is 9.91. The maximum Gasteiger partial charge on any atom is 0.0144 e. The SMILES string of the molecule is C=C(N)[C@@H]1CN(CCCCCN)C[C@H]1C. The third kappa shape index (κ3) is 3.84. The van der Waals surface area contributed by atoms with Crippen LogP contribution in [0, 0.1) is 11.8 Å². The zero-order valence-electron chi connectivity index (χ0n) is 9.91. The molecule has 2 atom stereocenters. The van der Waals surface area contributed by atoms with Gasteiger partial charge >= 0.3 is 0 Å². The van der Waals surface area contributed by atoms with E-state index in [0.29, 0.717) is 11.8 Å². The van der Waals surface area contributed by atoms with Gasteiger partial charge in [0.05, 0.1) is 0 Å². The first-order valence-corrected chi connectivity index (χ1v) is 6.02. The molecule has 0 amide bonds. The Balaban J connectivity index is 2.20. The largest absolute Gasteiger partial charge is 0.402 e. The molecule has 0 aromatic carbocycles. The average molecular weight is 211 g/mol. The van der Waals surface area contributed by atoms with Gasteiger partial charge in [0, 0.05) is 24.7 Å². The minimum absolute atomic E-state index is 0.500. The van der Waals surface area contributed by atoms with Crippen LogP contribution >= 0.6 is 0 Å². The van der Waals surface area contributed by atoms with E-state index in [4.69, 9.17) is 11.5 Å². The third-order valence-electron chi connectivity index (χ3n) is 3.34. The second-order valence-electron chi connectivity index (χ2n) is 4.77. The molecule has 88 valence electrons. The van der Waals surface area contributed by atoms with Gasteiger partial charge in [-0.05, 0) is 31.8 Å². The molecule has 0 spiro atoms. The molecule has 15 heavy (non-hydrogen) atoms. The highest BCUT2D eigenvalue weighted by Crippen LogP contribution is 2.26. The maximum absolute atomic E-state index is 5.79. The summed E-state index contributed by atoms with van der Waals surface area (Å²) in [6.07, 6.45) is 3.65. The Hall–Kier alpha value is -0.540. The van der Waals surface area contributed by atoms with Crippen molar-refractivity contribution in [1.82, 2.24) is 4.90 Å². The second-order valence-corrected chi connectivity index (χ2v) is 4.77. The van der Waals surface area contributed by atoms with E-state index < -0.39 is 0 Å². The quantitative estimate of drug-likeness (QED) is 0.648. The molecule has 0 aromatic rings. The Morgan fingerprint density at radius 2 is 2.07 bits per heavy atom. The molecular weight excluding hydrogens is 186 g/mol. The van der Waals surface area contributed by atoms with Crippen molar-refractivity contribution in [1.29, 1.82) is 0 Å². The summed E-state index contributed by atoms with van der Waals surface area (Å²) in [7, 11) is 0. The summed E-state index contributed by atoms with van der Waals surface area (Å²) in [5.74, 6) is 1.16. The number of nitrogens with zero attached hydrogens (tertiary/aromatic N) is 1. The topological polar surface area (TPSA) is 55.3 Å². The molecular formula is C12H25N3. The number of hydrogen-bond acceptors (Lipinski definition) is 3. The number of likely N-dealkylation sites (tertiary alicyclic amines) is 1. The fourth-order valence-corrected chi connectivity index (χ4v) is 2.39. The molecule has 0 aliphatic carbocycles. The van der Waals surface area contributed by atoms with Crippen molar-refractivity contribution >= 4 is 0 Å². The number of unbranched alkanes of at least 4 members (excludes halogenated alkanes) is 2. The lowest BCUT2D eigenvalue weighted by atomic mass is 9.96. The predicted octanol–water partition coefficient (Wildman–Crippen LogP) is 1.16. The van der Waals surface area contributed by atoms with Crippen LogP contribution < -0.4 is 11.5 Å². The first-order chi connectivity index (χ1) is 7.15. The van der Waals surface area contributed by atoms with Crippen LogP contribution in [0.2, 0.25) is 0 Å². The molecule has 0 radical (unpaired) electrons. The van der Waals surface area contributed by atoms with Crippen molar-refractivity contribution < 1.29 is 0 Å². The standard InChI is InChI=1S/C12H25N3/c1-10-8-15(7-5-3-4-6-13)9-12(10)11(2)14/h10,12H,2-9,13-14H2,1H3/t10-,12-/m1/s1. The van der Waals surface area contributed by atoms with E-state index in [-0.39, 0.29) is 0 Å². The molecule has 1 fully saturated rings. The first kappa shape index (κ1) is 12.5. The molecule has 4 N–H and O–H groups in total. The number of rotatable bonds is 6. The van der Waals surface area contributed by atoms with Crippen molar-refractivity contribution in [3.05, 3.63) is 12.3 Å². The zero-order chi connectivity index (χ0) is 11.3. The van der Waals surface area contributed by atoms with E-state index in [9.17, 15) is 0 Å². The first-order valence-electron chi connectivity index (χ1n) is 6.02. The highest BCUT2D eigenvalue weighted by Gasteiger charge is 2.29. The molecule has 0 saturated carbocycles. The summed E-state index contributed by atoms with van der Waals surface area (Å²) in [6.45, 7) is 10.4. The Labute approximate surface area is 93.5 Å². The molecule has 3 nitrogen and oxygen atoms in total. The summed E-state index contributed by atoms with van der Waals surface area (Å²) >= 11 is 0. The third-order valence-corrected chi connectivity index (χ3v) is 3.34. The van der Waals surface area contributed by atoms with Crippen LogP contribution in [0.4, 0.5) is 0 Å². The Morgan fingerprint density at radius 3 is 2.60 bits per heavy atom. The summed E-state index contributed by atoms with van der Waals surface area (Å²) in [5.41, 5.74) is 12.1. The van der Waals surface area contributed by atoms with Crippen molar-refractivity contribution in [2.75, 3.05) is 26.2 Å². The lowest BCUT2D eigenvalue weighted by Crippen LogP contribution is -2.23. The molecule has 1 aliphatic heterocycles. The monoisotopic (exact) mass is 211 g/mol. The highest BCUT2D eigenvalue weighted by atomic mass is 15.2. The van der Waals surface area contributed by atoms with Crippen LogP contribution in [-0.2, 0) is 0 Å². The van der Waals surface area contributed by atoms with Crippen molar-refractivity contribution in [3.63, 3.8) is 0 Å². The second kappa shape index (κ2) is 6.13. The predicted molar refractivity (Wildman–Crippen MR) is 65.3 cm³/mol. The van der Waals surface area contributed by atoms with Gasteiger partial charge < -0.3 is 16.4 Å². The number of hydrogen-bond donors (Lipinski definition) is 2. The lowest BCUT2D eigenvalue weighted by molar-refractivity contribution is 0.316. The van der Waals surface area contributed by atoms with E-state index in [1.807, 2.05) is 0 Å². The van der Waals surface area contributed by atoms with Gasteiger partial charge in [-0.15, -0.1) is 0 Å². The van der Waals surface area contributed by atoms with Gasteiger partial charge in [0.15, 0.2) is 0 Å². The van der Waals surface area contributed by atoms with Crippen LogP contribution in [0.5, 0.6) is 0 Å². The summed E-state index contributed by atoms with van der Waals surface area (Å²) in [5, 5.41) is 0. The molecule has 1 saturated heterocycles. The minimum atomic E-state index is 0.500. The minimum Gasteiger partial charge on any atom is -0.402 e. The van der Waals surface area contributed by atoms with Crippen LogP contribution in [0.25, 0.3) is 0 Å². The molecule has 1 rings (SSSR count). The van der Waals surface area contributed by atoms with Crippen molar-refractivity contribution in [2.45, 2.75) is 26.2 Å². The highest BCUT2D eigenvalue weighted by molar-refractivity contribution is 5.02. The van der Waals surface area contributed by atoms with Crippen LogP contribution in [0.1, 0.15) is 26.2 Å². The van der Waals surface area contributed by atoms with Crippen molar-refractivity contribution in [2.24, 2.45) is 23.3 Å². The summed E-state index contributed by atoms with van der Waals surface area (Å²) < 4.78 is 0. The van der Waals surface area contributed by atoms with Crippen molar-refractivity contribution in [3.8, 4) is 0 Å². The smallest absolute Gasteiger partial charge is 0.0144 e. The molecule has 1 heterocycles. The summed E-state index contributed by atoms with van der Waals surface area (Å²) in [6, 6.07) is 0. The molecule has 0 unspecified atom stereocenters. The van der Waals surface area contributed by atoms with Gasteiger partial charge in [-0.25, -0.2) is 0 Å². The van der Waals surface area contributed by atoms with E-state index in [1.165, 1.54) is 25.9 Å². The van der Waals surface area contributed by atoms with Gasteiger partial charge in [-0.3, -0.25) is 0 Å². The van der Waals surface area contributed by atoms with Crippen LogP contribution in [0.15, 0.2) is 12.3 Å². The van der Waals surface area contributed by atoms with Gasteiger partial charge in [0.1, 0.15) is 0 Å². The van der Waals surface area contributed by atoms with E-state index >= 15 is 0 Å². The molecule has 3 heteroatoms. The van der Waals surface area contributed by atoms with Gasteiger partial charge in [0.25, 0.3) is 0 Å². The van der Waals surface area contributed by atoms with E-state index in [1.54, 1.807) is 0 Å². The fourth-order valence-electron chi connectivity index (χ4n) is 2.39. The van der Waals surface area contributed by atoms with Gasteiger partial charge in [-0.2, -0.15) is 0 Å².